The third-order valence-electron chi connectivity index (χ3n) is 3.58. The molecular weight excluding hydrogens is 350 g/mol. The Bertz CT molecular complexity index is 999. The van der Waals surface area contributed by atoms with Crippen LogP contribution in [0.1, 0.15) is 11.1 Å². The Morgan fingerprint density at radius 1 is 0.731 bits per heavy atom. The maximum Gasteiger partial charge on any atom is 0.262 e. The lowest BCUT2D eigenvalue weighted by Gasteiger charge is -2.14. The highest BCUT2D eigenvalue weighted by Crippen LogP contribution is 2.33. The predicted molar refractivity (Wildman–Crippen MR) is 104 cm³/mol. The average Bonchev–Trinajstić information content (AvgIpc) is 2.60. The molecule has 0 bridgehead atoms. The highest BCUT2D eigenvalue weighted by Gasteiger charge is 2.10. The molecule has 0 aliphatic heterocycles. The predicted octanol–water partition coefficient (Wildman–Crippen LogP) is 4.74. The first-order valence-electron chi connectivity index (χ1n) is 7.60. The number of quaternary nitrogens is 1. The SMILES string of the molecule is O=S(=O)([O-])Oc1ccccc1-c1ccccc1C=Cc1ccccc1.[NH4+]. The Labute approximate surface area is 153 Å². The van der Waals surface area contributed by atoms with E-state index >= 15 is 0 Å². The van der Waals surface area contributed by atoms with E-state index in [0.29, 0.717) is 5.56 Å². The zero-order valence-corrected chi connectivity index (χ0v) is 15.0. The van der Waals surface area contributed by atoms with Crippen LogP contribution in [0.5, 0.6) is 5.75 Å². The summed E-state index contributed by atoms with van der Waals surface area (Å²) in [7, 11) is -4.84. The molecule has 0 fully saturated rings. The molecule has 3 aromatic carbocycles. The summed E-state index contributed by atoms with van der Waals surface area (Å²) in [6, 6.07) is 23.9. The van der Waals surface area contributed by atoms with Crippen LogP contribution in [0.3, 0.4) is 0 Å². The Hall–Kier alpha value is -2.93. The first kappa shape index (κ1) is 19.4. The second-order valence-electron chi connectivity index (χ2n) is 5.32. The molecule has 3 aromatic rings. The molecule has 0 spiro atoms. The molecule has 26 heavy (non-hydrogen) atoms. The van der Waals surface area contributed by atoms with Crippen LogP contribution in [-0.4, -0.2) is 13.0 Å². The van der Waals surface area contributed by atoms with Gasteiger partial charge in [-0.1, -0.05) is 84.9 Å². The first-order valence-corrected chi connectivity index (χ1v) is 8.93. The molecule has 0 radical (unpaired) electrons. The first-order chi connectivity index (χ1) is 12.0. The van der Waals surface area contributed by atoms with Crippen LogP contribution in [0.15, 0.2) is 78.9 Å². The van der Waals surface area contributed by atoms with Crippen molar-refractivity contribution in [1.29, 1.82) is 0 Å². The molecule has 3 rings (SSSR count). The molecule has 0 aromatic heterocycles. The Morgan fingerprint density at radius 3 is 2.00 bits per heavy atom. The zero-order chi connectivity index (χ0) is 17.7. The molecule has 0 heterocycles. The lowest BCUT2D eigenvalue weighted by atomic mass is 9.98. The number of hydrogen-bond donors (Lipinski definition) is 1. The van der Waals surface area contributed by atoms with E-state index in [1.54, 1.807) is 18.2 Å². The molecule has 5 nitrogen and oxygen atoms in total. The standard InChI is InChI=1S/C20H16O4S.H3N/c21-25(22,23)24-20-13-7-6-12-19(20)18-11-5-4-10-17(18)15-14-16-8-2-1-3-9-16;/h1-15H,(H,21,22,23);1H3. The molecule has 0 unspecified atom stereocenters. The molecule has 0 amide bonds. The largest absolute Gasteiger partial charge is 0.716 e. The van der Waals surface area contributed by atoms with E-state index in [0.717, 1.165) is 16.7 Å². The Morgan fingerprint density at radius 2 is 1.31 bits per heavy atom. The van der Waals surface area contributed by atoms with Crippen LogP contribution in [0.4, 0.5) is 0 Å². The molecule has 0 saturated carbocycles. The van der Waals surface area contributed by atoms with E-state index in [2.05, 4.69) is 4.18 Å². The number of rotatable bonds is 5. The fraction of sp³-hybridized carbons (Fsp3) is 0. The summed E-state index contributed by atoms with van der Waals surface area (Å²) in [5, 5.41) is 0. The van der Waals surface area contributed by atoms with Crippen LogP contribution >= 0.6 is 0 Å². The summed E-state index contributed by atoms with van der Waals surface area (Å²) in [6.45, 7) is 0. The number of hydrogen-bond acceptors (Lipinski definition) is 4. The highest BCUT2D eigenvalue weighted by molar-refractivity contribution is 7.81. The Kier molecular flexibility index (Phi) is 6.30. The van der Waals surface area contributed by atoms with Gasteiger partial charge >= 0.3 is 0 Å². The minimum atomic E-state index is -4.84. The normalized spacial score (nSPS) is 11.1. The third kappa shape index (κ3) is 5.03. The van der Waals surface area contributed by atoms with Gasteiger partial charge in [0.1, 0.15) is 5.75 Å². The van der Waals surface area contributed by atoms with E-state index in [9.17, 15) is 13.0 Å². The van der Waals surface area contributed by atoms with Crippen molar-refractivity contribution in [3.63, 3.8) is 0 Å². The van der Waals surface area contributed by atoms with Crippen LogP contribution in [-0.2, 0) is 10.4 Å². The van der Waals surface area contributed by atoms with Gasteiger partial charge in [-0.25, -0.2) is 8.42 Å². The molecule has 0 atom stereocenters. The van der Waals surface area contributed by atoms with Gasteiger partial charge in [0.2, 0.25) is 0 Å². The lowest BCUT2D eigenvalue weighted by molar-refractivity contribution is 0.373. The van der Waals surface area contributed by atoms with E-state index in [4.69, 9.17) is 0 Å². The molecular formula is C20H19NO4S. The van der Waals surface area contributed by atoms with E-state index in [-0.39, 0.29) is 11.9 Å². The number of benzene rings is 3. The van der Waals surface area contributed by atoms with Crippen LogP contribution in [0.2, 0.25) is 0 Å². The average molecular weight is 369 g/mol. The molecule has 4 N–H and O–H groups in total. The zero-order valence-electron chi connectivity index (χ0n) is 14.2. The summed E-state index contributed by atoms with van der Waals surface area (Å²) in [6.07, 6.45) is 3.90. The van der Waals surface area contributed by atoms with Gasteiger partial charge in [-0.2, -0.15) is 0 Å². The van der Waals surface area contributed by atoms with Crippen LogP contribution < -0.4 is 10.3 Å². The summed E-state index contributed by atoms with van der Waals surface area (Å²) >= 11 is 0. The quantitative estimate of drug-likeness (QED) is 0.398. The van der Waals surface area contributed by atoms with E-state index < -0.39 is 10.4 Å². The monoisotopic (exact) mass is 369 g/mol. The topological polar surface area (TPSA) is 103 Å². The molecule has 0 aliphatic carbocycles. The second-order valence-corrected chi connectivity index (χ2v) is 6.30. The van der Waals surface area contributed by atoms with Crippen molar-refractivity contribution < 1.29 is 17.2 Å². The highest BCUT2D eigenvalue weighted by atomic mass is 32.3. The van der Waals surface area contributed by atoms with E-state index in [1.807, 2.05) is 66.7 Å². The van der Waals surface area contributed by atoms with Gasteiger partial charge < -0.3 is 14.9 Å². The van der Waals surface area contributed by atoms with Crippen molar-refractivity contribution in [2.24, 2.45) is 0 Å². The van der Waals surface area contributed by atoms with Gasteiger partial charge in [0.25, 0.3) is 10.4 Å². The van der Waals surface area contributed by atoms with Gasteiger partial charge in [-0.3, -0.25) is 0 Å². The van der Waals surface area contributed by atoms with Crippen molar-refractivity contribution in [3.05, 3.63) is 90.0 Å². The van der Waals surface area contributed by atoms with Gasteiger partial charge in [0, 0.05) is 5.56 Å². The maximum atomic E-state index is 11.0. The summed E-state index contributed by atoms with van der Waals surface area (Å²) in [5.74, 6) is 0.0121. The van der Waals surface area contributed by atoms with Gasteiger partial charge in [-0.05, 0) is 22.8 Å². The maximum absolute atomic E-state index is 11.0. The van der Waals surface area contributed by atoms with Crippen LogP contribution in [0, 0.1) is 0 Å². The fourth-order valence-electron chi connectivity index (χ4n) is 2.51. The van der Waals surface area contributed by atoms with Crippen LogP contribution in [0.25, 0.3) is 23.3 Å². The molecule has 134 valence electrons. The van der Waals surface area contributed by atoms with Crippen molar-refractivity contribution >= 4 is 22.6 Å². The van der Waals surface area contributed by atoms with Gasteiger partial charge in [0.05, 0.1) is 0 Å². The summed E-state index contributed by atoms with van der Waals surface area (Å²) in [5.41, 5.74) is 3.24. The molecule has 0 saturated heterocycles. The van der Waals surface area contributed by atoms with Crippen molar-refractivity contribution in [2.45, 2.75) is 0 Å². The van der Waals surface area contributed by atoms with E-state index in [1.165, 1.54) is 6.07 Å². The summed E-state index contributed by atoms with van der Waals surface area (Å²) in [4.78, 5) is 0. The second kappa shape index (κ2) is 8.44. The lowest BCUT2D eigenvalue weighted by Crippen LogP contribution is -2.08. The van der Waals surface area contributed by atoms with Gasteiger partial charge in [-0.15, -0.1) is 0 Å². The van der Waals surface area contributed by atoms with Crippen molar-refractivity contribution in [2.75, 3.05) is 0 Å². The smallest absolute Gasteiger partial charge is 0.262 e. The minimum absolute atomic E-state index is 0. The minimum Gasteiger partial charge on any atom is -0.716 e. The Balaban J connectivity index is 0.00000243. The molecule has 0 aliphatic rings. The van der Waals surface area contributed by atoms with Gasteiger partial charge in [0.15, 0.2) is 0 Å². The fourth-order valence-corrected chi connectivity index (χ4v) is 2.87. The third-order valence-corrected chi connectivity index (χ3v) is 3.97. The number of para-hydroxylation sites is 1. The van der Waals surface area contributed by atoms with Crippen molar-refractivity contribution in [3.8, 4) is 16.9 Å². The summed E-state index contributed by atoms with van der Waals surface area (Å²) < 4.78 is 37.6. The molecule has 6 heteroatoms. The van der Waals surface area contributed by atoms with Crippen molar-refractivity contribution in [1.82, 2.24) is 6.15 Å².